The molecule has 1 aromatic rings. The molecule has 1 aliphatic heterocycles. The van der Waals surface area contributed by atoms with E-state index in [-0.39, 0.29) is 11.9 Å². The highest BCUT2D eigenvalue weighted by Gasteiger charge is 2.37. The van der Waals surface area contributed by atoms with E-state index in [1.54, 1.807) is 11.8 Å². The van der Waals surface area contributed by atoms with E-state index in [9.17, 15) is 4.79 Å². The zero-order valence-electron chi connectivity index (χ0n) is 15.2. The number of carbonyl (C=O) groups is 1. The lowest BCUT2D eigenvalue weighted by Crippen LogP contribution is -2.27. The van der Waals surface area contributed by atoms with E-state index in [2.05, 4.69) is 0 Å². The quantitative estimate of drug-likeness (QED) is 0.552. The Bertz CT molecular complexity index is 706. The summed E-state index contributed by atoms with van der Waals surface area (Å²) in [5, 5.41) is 8.66. The Kier molecular flexibility index (Phi) is 5.91. The Balaban J connectivity index is 1.64. The van der Waals surface area contributed by atoms with Crippen LogP contribution in [0.15, 0.2) is 29.2 Å². The van der Waals surface area contributed by atoms with E-state index in [0.717, 1.165) is 41.9 Å². The number of carbonyl (C=O) groups excluding carboxylic acids is 1. The molecule has 0 spiro atoms. The molecule has 1 saturated carbocycles. The highest BCUT2D eigenvalue weighted by atomic mass is 32.2. The predicted molar refractivity (Wildman–Crippen MR) is 108 cm³/mol. The van der Waals surface area contributed by atoms with E-state index in [1.807, 2.05) is 24.3 Å². The van der Waals surface area contributed by atoms with Gasteiger partial charge < -0.3 is 21.6 Å². The molecule has 0 amide bonds. The lowest BCUT2D eigenvalue weighted by molar-refractivity contribution is -0.142. The van der Waals surface area contributed by atoms with Crippen molar-refractivity contribution in [2.24, 2.45) is 23.5 Å². The van der Waals surface area contributed by atoms with Gasteiger partial charge in [0.2, 0.25) is 0 Å². The van der Waals surface area contributed by atoms with E-state index in [4.69, 9.17) is 21.6 Å². The zero-order valence-corrected chi connectivity index (χ0v) is 16.0. The molecule has 1 aromatic carbocycles. The minimum Gasteiger partial charge on any atom is -0.469 e. The molecule has 5 N–H and O–H groups in total. The average molecular weight is 374 g/mol. The van der Waals surface area contributed by atoms with Gasteiger partial charge in [0.1, 0.15) is 0 Å². The van der Waals surface area contributed by atoms with E-state index in [0.29, 0.717) is 35.4 Å². The first kappa shape index (κ1) is 18.8. The van der Waals surface area contributed by atoms with Gasteiger partial charge >= 0.3 is 5.97 Å². The first-order valence-electron chi connectivity index (χ1n) is 9.13. The normalized spacial score (nSPS) is 28.0. The lowest BCUT2D eigenvalue weighted by atomic mass is 9.74. The van der Waals surface area contributed by atoms with Crippen LogP contribution < -0.4 is 11.5 Å². The molecule has 0 radical (unpaired) electrons. The number of ether oxygens (including phenoxy) is 1. The van der Waals surface area contributed by atoms with Gasteiger partial charge in [-0.05, 0) is 55.2 Å². The number of thioether (sulfide) groups is 1. The Hall–Kier alpha value is -1.95. The van der Waals surface area contributed by atoms with Crippen molar-refractivity contribution in [1.29, 1.82) is 5.41 Å². The van der Waals surface area contributed by atoms with Crippen molar-refractivity contribution in [1.82, 2.24) is 0 Å². The summed E-state index contributed by atoms with van der Waals surface area (Å²) in [4.78, 5) is 12.4. The number of rotatable bonds is 4. The second-order valence-electron chi connectivity index (χ2n) is 7.26. The molecule has 3 rings (SSSR count). The second kappa shape index (κ2) is 8.16. The van der Waals surface area contributed by atoms with E-state index < -0.39 is 0 Å². The van der Waals surface area contributed by atoms with Crippen LogP contribution in [0.2, 0.25) is 0 Å². The third kappa shape index (κ3) is 4.06. The summed E-state index contributed by atoms with van der Waals surface area (Å²) in [6.07, 6.45) is 4.76. The smallest absolute Gasteiger partial charge is 0.305 e. The number of benzene rings is 1. The third-order valence-electron chi connectivity index (χ3n) is 5.63. The maximum atomic E-state index is 11.5. The van der Waals surface area contributed by atoms with Gasteiger partial charge in [-0.2, -0.15) is 0 Å². The van der Waals surface area contributed by atoms with Crippen LogP contribution in [0.5, 0.6) is 0 Å². The van der Waals surface area contributed by atoms with Crippen molar-refractivity contribution in [3.63, 3.8) is 0 Å². The highest BCUT2D eigenvalue weighted by molar-refractivity contribution is 8.04. The molecule has 5 nitrogen and oxygen atoms in total. The first-order chi connectivity index (χ1) is 12.5. The van der Waals surface area contributed by atoms with Crippen molar-refractivity contribution < 1.29 is 9.53 Å². The molecular formula is C20H27N3O2S. The summed E-state index contributed by atoms with van der Waals surface area (Å²) < 4.78 is 4.78. The summed E-state index contributed by atoms with van der Waals surface area (Å²) in [5.41, 5.74) is 15.1. The van der Waals surface area contributed by atoms with Crippen LogP contribution in [0.1, 0.15) is 37.7 Å². The van der Waals surface area contributed by atoms with Gasteiger partial charge in [-0.1, -0.05) is 12.1 Å². The van der Waals surface area contributed by atoms with Crippen LogP contribution in [0.25, 0.3) is 5.70 Å². The van der Waals surface area contributed by atoms with Crippen molar-refractivity contribution in [3.8, 4) is 0 Å². The Labute approximate surface area is 159 Å². The first-order valence-corrected chi connectivity index (χ1v) is 10.1. The van der Waals surface area contributed by atoms with Crippen molar-refractivity contribution in [2.45, 2.75) is 32.1 Å². The fourth-order valence-corrected chi connectivity index (χ4v) is 5.37. The maximum Gasteiger partial charge on any atom is 0.305 e. The van der Waals surface area contributed by atoms with Gasteiger partial charge in [0.25, 0.3) is 0 Å². The molecule has 2 fully saturated rings. The summed E-state index contributed by atoms with van der Waals surface area (Å²) in [6, 6.07) is 7.51. The highest BCUT2D eigenvalue weighted by Crippen LogP contribution is 2.44. The van der Waals surface area contributed by atoms with Crippen molar-refractivity contribution in [2.75, 3.05) is 18.6 Å². The number of nitrogens with two attached hydrogens (primary N) is 2. The molecule has 1 heterocycles. The summed E-state index contributed by atoms with van der Waals surface area (Å²) >= 11 is 1.70. The second-order valence-corrected chi connectivity index (χ2v) is 8.29. The fraction of sp³-hybridized carbons (Fsp3) is 0.500. The minimum atomic E-state index is -0.112. The largest absolute Gasteiger partial charge is 0.469 e. The number of esters is 1. The lowest BCUT2D eigenvalue weighted by Gasteiger charge is -2.31. The standard InChI is InChI=1S/C20H27N3O2S/c1-25-17(24)10-12-2-4-13(5-3-12)16-11-26-20(19(16)23)18(22)14-6-8-15(21)9-7-14/h6-9,12-13,16,23H,2-5,10-11,21-22H2,1H3/b20-18+,23-19?/t12?,13?,16-/m0/s1. The number of hydrogen-bond donors (Lipinski definition) is 3. The molecule has 140 valence electrons. The molecule has 0 aromatic heterocycles. The van der Waals surface area contributed by atoms with Gasteiger partial charge in [0, 0.05) is 23.8 Å². The van der Waals surface area contributed by atoms with Crippen molar-refractivity contribution in [3.05, 3.63) is 34.7 Å². The summed E-state index contributed by atoms with van der Waals surface area (Å²) in [7, 11) is 1.45. The molecule has 0 bridgehead atoms. The maximum absolute atomic E-state index is 11.5. The fourth-order valence-electron chi connectivity index (χ4n) is 4.00. The SMILES string of the molecule is COC(=O)CC1CCC([C@@H]2CS/C(=C(/N)c3ccc(N)cc3)C2=N)CC1. The predicted octanol–water partition coefficient (Wildman–Crippen LogP) is 3.65. The molecule has 1 atom stereocenters. The number of methoxy groups -OCH3 is 1. The van der Waals surface area contributed by atoms with Crippen LogP contribution in [-0.2, 0) is 9.53 Å². The molecular weight excluding hydrogens is 346 g/mol. The van der Waals surface area contributed by atoms with E-state index >= 15 is 0 Å². The topological polar surface area (TPSA) is 102 Å². The number of anilines is 1. The Morgan fingerprint density at radius 3 is 2.50 bits per heavy atom. The number of hydrogen-bond acceptors (Lipinski definition) is 6. The molecule has 26 heavy (non-hydrogen) atoms. The van der Waals surface area contributed by atoms with Crippen LogP contribution >= 0.6 is 11.8 Å². The van der Waals surface area contributed by atoms with Gasteiger partial charge in [0.15, 0.2) is 0 Å². The van der Waals surface area contributed by atoms with Crippen LogP contribution in [-0.4, -0.2) is 24.5 Å². The minimum absolute atomic E-state index is 0.112. The van der Waals surface area contributed by atoms with Crippen LogP contribution in [0.4, 0.5) is 5.69 Å². The monoisotopic (exact) mass is 373 g/mol. The Morgan fingerprint density at radius 1 is 1.23 bits per heavy atom. The van der Waals surface area contributed by atoms with E-state index in [1.165, 1.54) is 7.11 Å². The van der Waals surface area contributed by atoms with Gasteiger partial charge in [-0.25, -0.2) is 0 Å². The van der Waals surface area contributed by atoms with Gasteiger partial charge in [-0.3, -0.25) is 4.79 Å². The van der Waals surface area contributed by atoms with Crippen LogP contribution in [0, 0.1) is 23.2 Å². The molecule has 1 aliphatic carbocycles. The third-order valence-corrected chi connectivity index (χ3v) is 6.89. The molecule has 0 unspecified atom stereocenters. The van der Waals surface area contributed by atoms with Crippen LogP contribution in [0.3, 0.4) is 0 Å². The average Bonchev–Trinajstić information content (AvgIpc) is 3.03. The number of allylic oxidation sites excluding steroid dienone is 1. The van der Waals surface area contributed by atoms with Gasteiger partial charge in [-0.15, -0.1) is 11.8 Å². The van der Waals surface area contributed by atoms with Gasteiger partial charge in [0.05, 0.1) is 23.4 Å². The number of nitrogen functional groups attached to an aromatic ring is 1. The summed E-state index contributed by atoms with van der Waals surface area (Å²) in [5.74, 6) is 2.02. The zero-order chi connectivity index (χ0) is 18.7. The molecule has 1 saturated heterocycles. The summed E-state index contributed by atoms with van der Waals surface area (Å²) in [6.45, 7) is 0. The molecule has 2 aliphatic rings. The van der Waals surface area contributed by atoms with Crippen molar-refractivity contribution >= 4 is 34.8 Å². The molecule has 6 heteroatoms. The Morgan fingerprint density at radius 2 is 1.88 bits per heavy atom. The number of nitrogens with one attached hydrogen (secondary N) is 1.